The Balaban J connectivity index is 2.20. The zero-order chi connectivity index (χ0) is 14.8. The molecule has 0 aliphatic carbocycles. The van der Waals surface area contributed by atoms with Gasteiger partial charge in [0.15, 0.2) is 0 Å². The number of nitrogens with zero attached hydrogens (tertiary/aromatic N) is 1. The molecule has 0 aromatic heterocycles. The predicted octanol–water partition coefficient (Wildman–Crippen LogP) is 1.61. The highest BCUT2D eigenvalue weighted by molar-refractivity contribution is 5.95. The fraction of sp³-hybridized carbons (Fsp3) is 0.462. The molecule has 0 radical (unpaired) electrons. The van der Waals surface area contributed by atoms with E-state index in [0.717, 1.165) is 44.1 Å². The first kappa shape index (κ1) is 14.4. The summed E-state index contributed by atoms with van der Waals surface area (Å²) >= 11 is 0. The van der Waals surface area contributed by atoms with Gasteiger partial charge in [-0.1, -0.05) is 0 Å². The van der Waals surface area contributed by atoms with Crippen LogP contribution in [0.1, 0.15) is 30.1 Å². The molecule has 1 heterocycles. The van der Waals surface area contributed by atoms with E-state index in [2.05, 4.69) is 10.6 Å². The van der Waals surface area contributed by atoms with Crippen LogP contribution in [-0.2, 0) is 0 Å². The number of halogens is 1. The molecular weight excluding hydrogens is 265 g/mol. The first-order valence-electron chi connectivity index (χ1n) is 6.38. The number of benzene rings is 1. The molecule has 1 aliphatic heterocycles. The van der Waals surface area contributed by atoms with Crippen molar-refractivity contribution in [1.82, 2.24) is 10.6 Å². The summed E-state index contributed by atoms with van der Waals surface area (Å²) in [6, 6.07) is 2.95. The first-order chi connectivity index (χ1) is 9.41. The summed E-state index contributed by atoms with van der Waals surface area (Å²) in [6.07, 6.45) is 1.46. The Bertz CT molecular complexity index is 542. The topological polar surface area (TPSA) is 84.3 Å². The molecule has 0 saturated carbocycles. The van der Waals surface area contributed by atoms with Crippen LogP contribution in [0.25, 0.3) is 0 Å². The quantitative estimate of drug-likeness (QED) is 0.651. The van der Waals surface area contributed by atoms with Gasteiger partial charge in [-0.3, -0.25) is 14.9 Å². The molecule has 1 aromatic rings. The molecule has 1 fully saturated rings. The fourth-order valence-electron chi connectivity index (χ4n) is 2.25. The third-order valence-corrected chi connectivity index (χ3v) is 3.53. The summed E-state index contributed by atoms with van der Waals surface area (Å²) in [7, 11) is 0. The number of hydrogen-bond donors (Lipinski definition) is 2. The fourth-order valence-corrected chi connectivity index (χ4v) is 2.25. The van der Waals surface area contributed by atoms with Crippen LogP contribution in [0.2, 0.25) is 0 Å². The summed E-state index contributed by atoms with van der Waals surface area (Å²) in [5.74, 6) is -1.37. The van der Waals surface area contributed by atoms with Crippen molar-refractivity contribution in [3.05, 3.63) is 39.7 Å². The van der Waals surface area contributed by atoms with Crippen molar-refractivity contribution in [2.24, 2.45) is 0 Å². The highest BCUT2D eigenvalue weighted by atomic mass is 19.1. The van der Waals surface area contributed by atoms with Crippen molar-refractivity contribution in [2.45, 2.75) is 25.3 Å². The predicted molar refractivity (Wildman–Crippen MR) is 71.0 cm³/mol. The van der Waals surface area contributed by atoms with Gasteiger partial charge >= 0.3 is 0 Å². The van der Waals surface area contributed by atoms with Gasteiger partial charge in [0.25, 0.3) is 11.6 Å². The van der Waals surface area contributed by atoms with Crippen molar-refractivity contribution in [3.63, 3.8) is 0 Å². The van der Waals surface area contributed by atoms with Crippen LogP contribution < -0.4 is 10.6 Å². The maximum absolute atomic E-state index is 13.7. The normalized spacial score (nSPS) is 17.5. The van der Waals surface area contributed by atoms with Crippen molar-refractivity contribution in [3.8, 4) is 0 Å². The Morgan fingerprint density at radius 3 is 2.70 bits per heavy atom. The second-order valence-corrected chi connectivity index (χ2v) is 5.19. The first-order valence-corrected chi connectivity index (χ1v) is 6.38. The number of nitrogens with one attached hydrogen (secondary N) is 2. The lowest BCUT2D eigenvalue weighted by Gasteiger charge is -2.35. The molecule has 0 spiro atoms. The van der Waals surface area contributed by atoms with Crippen molar-refractivity contribution < 1.29 is 14.1 Å². The number of carbonyl (C=O) groups is 1. The minimum atomic E-state index is -0.759. The van der Waals surface area contributed by atoms with Crippen molar-refractivity contribution >= 4 is 11.6 Å². The Kier molecular flexibility index (Phi) is 3.99. The average molecular weight is 281 g/mol. The summed E-state index contributed by atoms with van der Waals surface area (Å²) in [5, 5.41) is 16.6. The van der Waals surface area contributed by atoms with E-state index in [1.807, 2.05) is 6.92 Å². The minimum absolute atomic E-state index is 0.293. The van der Waals surface area contributed by atoms with Crippen molar-refractivity contribution in [2.75, 3.05) is 13.1 Å². The van der Waals surface area contributed by atoms with Crippen LogP contribution in [0.4, 0.5) is 10.1 Å². The number of amides is 1. The number of hydrogen-bond acceptors (Lipinski definition) is 4. The molecule has 2 N–H and O–H groups in total. The van der Waals surface area contributed by atoms with E-state index in [4.69, 9.17) is 0 Å². The molecule has 108 valence electrons. The molecule has 6 nitrogen and oxygen atoms in total. The van der Waals surface area contributed by atoms with E-state index in [0.29, 0.717) is 0 Å². The standard InChI is InChI=1S/C13H16FN3O3/c1-13(4-6-15-7-5-13)16-12(18)10-8-9(17(19)20)2-3-11(10)14/h2-3,8,15H,4-7H2,1H3,(H,16,18). The third kappa shape index (κ3) is 3.11. The lowest BCUT2D eigenvalue weighted by molar-refractivity contribution is -0.384. The lowest BCUT2D eigenvalue weighted by atomic mass is 9.90. The van der Waals surface area contributed by atoms with Gasteiger partial charge in [-0.05, 0) is 38.9 Å². The lowest BCUT2D eigenvalue weighted by Crippen LogP contribution is -2.52. The number of non-ortho nitro benzene ring substituents is 1. The molecule has 2 rings (SSSR count). The molecule has 0 unspecified atom stereocenters. The summed E-state index contributed by atoms with van der Waals surface area (Å²) in [5.41, 5.74) is -1.01. The summed E-state index contributed by atoms with van der Waals surface area (Å²) in [6.45, 7) is 3.43. The highest BCUT2D eigenvalue weighted by Crippen LogP contribution is 2.21. The number of piperidine rings is 1. The summed E-state index contributed by atoms with van der Waals surface area (Å²) < 4.78 is 13.7. The van der Waals surface area contributed by atoms with Crippen LogP contribution in [-0.4, -0.2) is 29.5 Å². The Morgan fingerprint density at radius 1 is 1.45 bits per heavy atom. The monoisotopic (exact) mass is 281 g/mol. The van der Waals surface area contributed by atoms with Gasteiger partial charge in [-0.15, -0.1) is 0 Å². The second kappa shape index (κ2) is 5.54. The van der Waals surface area contributed by atoms with E-state index >= 15 is 0 Å². The van der Waals surface area contributed by atoms with Crippen LogP contribution in [0.5, 0.6) is 0 Å². The Hall–Kier alpha value is -2.02. The Morgan fingerprint density at radius 2 is 2.10 bits per heavy atom. The molecule has 0 atom stereocenters. The van der Waals surface area contributed by atoms with Gasteiger partial charge in [0, 0.05) is 17.7 Å². The van der Waals surface area contributed by atoms with Crippen LogP contribution >= 0.6 is 0 Å². The summed E-state index contributed by atoms with van der Waals surface area (Å²) in [4.78, 5) is 22.2. The second-order valence-electron chi connectivity index (χ2n) is 5.19. The highest BCUT2D eigenvalue weighted by Gasteiger charge is 2.30. The molecule has 20 heavy (non-hydrogen) atoms. The van der Waals surface area contributed by atoms with E-state index in [1.165, 1.54) is 0 Å². The van der Waals surface area contributed by atoms with E-state index in [1.54, 1.807) is 0 Å². The number of nitro groups is 1. The smallest absolute Gasteiger partial charge is 0.270 e. The van der Waals surface area contributed by atoms with E-state index in [-0.39, 0.29) is 11.3 Å². The number of carbonyl (C=O) groups excluding carboxylic acids is 1. The van der Waals surface area contributed by atoms with Gasteiger partial charge in [-0.2, -0.15) is 0 Å². The maximum Gasteiger partial charge on any atom is 0.270 e. The zero-order valence-corrected chi connectivity index (χ0v) is 11.1. The maximum atomic E-state index is 13.7. The van der Waals surface area contributed by atoms with E-state index < -0.39 is 22.2 Å². The minimum Gasteiger partial charge on any atom is -0.347 e. The van der Waals surface area contributed by atoms with Crippen LogP contribution in [0.15, 0.2) is 18.2 Å². The molecule has 1 aromatic carbocycles. The molecular formula is C13H16FN3O3. The average Bonchev–Trinajstić information content (AvgIpc) is 2.39. The number of nitro benzene ring substituents is 1. The van der Waals surface area contributed by atoms with Gasteiger partial charge in [0.1, 0.15) is 5.82 Å². The van der Waals surface area contributed by atoms with Crippen LogP contribution in [0.3, 0.4) is 0 Å². The van der Waals surface area contributed by atoms with Gasteiger partial charge in [0.05, 0.1) is 10.5 Å². The Labute approximate surface area is 115 Å². The molecule has 1 amide bonds. The van der Waals surface area contributed by atoms with Crippen molar-refractivity contribution in [1.29, 1.82) is 0 Å². The van der Waals surface area contributed by atoms with Crippen LogP contribution in [0, 0.1) is 15.9 Å². The van der Waals surface area contributed by atoms with Gasteiger partial charge < -0.3 is 10.6 Å². The molecule has 0 bridgehead atoms. The molecule has 1 aliphatic rings. The SMILES string of the molecule is CC1(NC(=O)c2cc([N+](=O)[O-])ccc2F)CCNCC1. The third-order valence-electron chi connectivity index (χ3n) is 3.53. The van der Waals surface area contributed by atoms with Gasteiger partial charge in [-0.25, -0.2) is 4.39 Å². The largest absolute Gasteiger partial charge is 0.347 e. The molecule has 7 heteroatoms. The van der Waals surface area contributed by atoms with E-state index in [9.17, 15) is 19.3 Å². The van der Waals surface area contributed by atoms with Gasteiger partial charge in [0.2, 0.25) is 0 Å². The molecule has 1 saturated heterocycles. The zero-order valence-electron chi connectivity index (χ0n) is 11.1. The number of rotatable bonds is 3.